The summed E-state index contributed by atoms with van der Waals surface area (Å²) in [4.78, 5) is 2.49. The highest BCUT2D eigenvalue weighted by Crippen LogP contribution is 2.63. The highest BCUT2D eigenvalue weighted by molar-refractivity contribution is 6.17. The van der Waals surface area contributed by atoms with Crippen molar-refractivity contribution in [3.05, 3.63) is 259 Å². The highest BCUT2D eigenvalue weighted by Gasteiger charge is 2.51. The van der Waals surface area contributed by atoms with Gasteiger partial charge in [0.1, 0.15) is 11.2 Å². The fourth-order valence-corrected chi connectivity index (χ4v) is 11.6. The number of anilines is 3. The van der Waals surface area contributed by atoms with Crippen LogP contribution in [0.4, 0.5) is 17.1 Å². The zero-order valence-electron chi connectivity index (χ0n) is 35.4. The van der Waals surface area contributed by atoms with Gasteiger partial charge in [-0.2, -0.15) is 0 Å². The van der Waals surface area contributed by atoms with Gasteiger partial charge in [-0.3, -0.25) is 0 Å². The average molecular weight is 826 g/mol. The minimum Gasteiger partial charge on any atom is -0.456 e. The lowest BCUT2D eigenvalue weighted by Gasteiger charge is -2.33. The first-order valence-electron chi connectivity index (χ1n) is 22.5. The van der Waals surface area contributed by atoms with E-state index in [9.17, 15) is 0 Å². The van der Waals surface area contributed by atoms with Crippen LogP contribution in [-0.2, 0) is 5.41 Å². The van der Waals surface area contributed by atoms with E-state index >= 15 is 0 Å². The fourth-order valence-electron chi connectivity index (χ4n) is 11.6. The number of benzene rings is 11. The van der Waals surface area contributed by atoms with Gasteiger partial charge in [-0.1, -0.05) is 188 Å². The Labute approximate surface area is 376 Å². The second-order valence-electron chi connectivity index (χ2n) is 17.5. The summed E-state index contributed by atoms with van der Waals surface area (Å²) in [5, 5.41) is 7.06. The van der Waals surface area contributed by atoms with Crippen molar-refractivity contribution < 1.29 is 4.42 Å². The fraction of sp³-hybridized carbons (Fsp3) is 0.0159. The SMILES string of the molecule is c1cc(-c2cccc3ccccc23)cc(N(c2ccc3c(c2)C2(c4ccccc4-c4ccccc42)c2ccccc2-3)c2ccccc2-c2cccc3oc4cc5ccccc5cc4c23)c1. The Morgan fingerprint density at radius 2 is 0.846 bits per heavy atom. The van der Waals surface area contributed by atoms with Crippen LogP contribution in [0.1, 0.15) is 22.3 Å². The smallest absolute Gasteiger partial charge is 0.136 e. The third-order valence-corrected chi connectivity index (χ3v) is 14.2. The van der Waals surface area contributed by atoms with E-state index in [0.29, 0.717) is 0 Å². The average Bonchev–Trinajstić information content (AvgIpc) is 3.99. The Bertz CT molecular complexity index is 3860. The van der Waals surface area contributed by atoms with Gasteiger partial charge >= 0.3 is 0 Å². The predicted molar refractivity (Wildman–Crippen MR) is 271 cm³/mol. The van der Waals surface area contributed by atoms with Crippen molar-refractivity contribution in [1.29, 1.82) is 0 Å². The molecule has 0 radical (unpaired) electrons. The Morgan fingerprint density at radius 3 is 1.60 bits per heavy atom. The molecule has 2 heteroatoms. The van der Waals surface area contributed by atoms with Gasteiger partial charge in [0, 0.05) is 27.7 Å². The summed E-state index contributed by atoms with van der Waals surface area (Å²) in [6.45, 7) is 0. The first-order chi connectivity index (χ1) is 32.2. The van der Waals surface area contributed by atoms with Gasteiger partial charge in [0.05, 0.1) is 11.1 Å². The molecule has 14 rings (SSSR count). The Balaban J connectivity index is 1.05. The maximum Gasteiger partial charge on any atom is 0.136 e. The topological polar surface area (TPSA) is 16.4 Å². The van der Waals surface area contributed by atoms with Crippen LogP contribution in [0.15, 0.2) is 241 Å². The maximum atomic E-state index is 6.67. The van der Waals surface area contributed by atoms with Gasteiger partial charge in [-0.15, -0.1) is 0 Å². The zero-order valence-corrected chi connectivity index (χ0v) is 35.4. The lowest BCUT2D eigenvalue weighted by molar-refractivity contribution is 0.669. The van der Waals surface area contributed by atoms with Crippen LogP contribution in [0.3, 0.4) is 0 Å². The molecule has 0 atom stereocenters. The van der Waals surface area contributed by atoms with Crippen molar-refractivity contribution in [3.8, 4) is 44.5 Å². The van der Waals surface area contributed by atoms with E-state index < -0.39 is 5.41 Å². The number of para-hydroxylation sites is 1. The van der Waals surface area contributed by atoms with Crippen LogP contribution in [-0.4, -0.2) is 0 Å². The molecule has 2 aliphatic rings. The van der Waals surface area contributed by atoms with Crippen molar-refractivity contribution in [3.63, 3.8) is 0 Å². The van der Waals surface area contributed by atoms with E-state index in [1.165, 1.54) is 77.2 Å². The van der Waals surface area contributed by atoms with E-state index in [4.69, 9.17) is 4.42 Å². The molecule has 65 heavy (non-hydrogen) atoms. The van der Waals surface area contributed by atoms with Gasteiger partial charge in [-0.05, 0) is 131 Å². The molecule has 2 aliphatic carbocycles. The van der Waals surface area contributed by atoms with E-state index in [2.05, 4.69) is 241 Å². The standard InChI is InChI=1S/C63H39NO/c1-2-18-42-38-61-54(37-41(42)17-1)62-53(28-15-33-60(62)65-61)52-26-8-12-32-59(52)64(44-21-13-20-43(36-44)47-27-14-19-40-16-3-4-22-46(40)47)45-34-35-51-50-25-7-11-31-57(50)63(58(51)39-45)55-29-9-5-23-48(55)49-24-6-10-30-56(49)63/h1-39H. The van der Waals surface area contributed by atoms with Gasteiger partial charge < -0.3 is 9.32 Å². The normalized spacial score (nSPS) is 13.0. The van der Waals surface area contributed by atoms with Crippen molar-refractivity contribution in [1.82, 2.24) is 0 Å². The third kappa shape index (κ3) is 5.11. The Morgan fingerprint density at radius 1 is 0.308 bits per heavy atom. The molecule has 0 amide bonds. The minimum absolute atomic E-state index is 0.477. The second kappa shape index (κ2) is 13.8. The van der Waals surface area contributed by atoms with Gasteiger partial charge in [-0.25, -0.2) is 0 Å². The van der Waals surface area contributed by atoms with Gasteiger partial charge in [0.2, 0.25) is 0 Å². The van der Waals surface area contributed by atoms with Crippen LogP contribution in [0.2, 0.25) is 0 Å². The third-order valence-electron chi connectivity index (χ3n) is 14.2. The number of rotatable bonds is 5. The van der Waals surface area contributed by atoms with E-state index in [0.717, 1.165) is 50.1 Å². The first kappa shape index (κ1) is 36.1. The lowest BCUT2D eigenvalue weighted by Crippen LogP contribution is -2.26. The molecule has 0 bridgehead atoms. The molecule has 2 nitrogen and oxygen atoms in total. The van der Waals surface area contributed by atoms with E-state index in [1.54, 1.807) is 0 Å². The molecule has 1 heterocycles. The second-order valence-corrected chi connectivity index (χ2v) is 17.5. The van der Waals surface area contributed by atoms with Crippen molar-refractivity contribution in [2.24, 2.45) is 0 Å². The Hall–Kier alpha value is -8.46. The molecule has 0 unspecified atom stereocenters. The molecular weight excluding hydrogens is 787 g/mol. The van der Waals surface area contributed by atoms with Crippen LogP contribution < -0.4 is 4.90 Å². The molecule has 0 N–H and O–H groups in total. The quantitative estimate of drug-likeness (QED) is 0.172. The number of nitrogens with zero attached hydrogens (tertiary/aromatic N) is 1. The first-order valence-corrected chi connectivity index (χ1v) is 22.5. The number of hydrogen-bond acceptors (Lipinski definition) is 2. The molecule has 302 valence electrons. The van der Waals surface area contributed by atoms with Gasteiger partial charge in [0.25, 0.3) is 0 Å². The van der Waals surface area contributed by atoms with Crippen LogP contribution in [0.5, 0.6) is 0 Å². The van der Waals surface area contributed by atoms with Crippen molar-refractivity contribution in [2.45, 2.75) is 5.41 Å². The summed E-state index contributed by atoms with van der Waals surface area (Å²) < 4.78 is 6.67. The summed E-state index contributed by atoms with van der Waals surface area (Å²) in [6.07, 6.45) is 0. The summed E-state index contributed by atoms with van der Waals surface area (Å²) in [7, 11) is 0. The van der Waals surface area contributed by atoms with Crippen LogP contribution >= 0.6 is 0 Å². The molecule has 1 aromatic heterocycles. The van der Waals surface area contributed by atoms with Crippen LogP contribution in [0, 0.1) is 0 Å². The number of furan rings is 1. The zero-order chi connectivity index (χ0) is 42.6. The molecular formula is C63H39NO. The maximum absolute atomic E-state index is 6.67. The molecule has 11 aromatic carbocycles. The summed E-state index contributed by atoms with van der Waals surface area (Å²) >= 11 is 0. The largest absolute Gasteiger partial charge is 0.456 e. The summed E-state index contributed by atoms with van der Waals surface area (Å²) in [5.74, 6) is 0. The minimum atomic E-state index is -0.477. The van der Waals surface area contributed by atoms with Crippen molar-refractivity contribution >= 4 is 60.5 Å². The molecule has 12 aromatic rings. The van der Waals surface area contributed by atoms with E-state index in [-0.39, 0.29) is 0 Å². The van der Waals surface area contributed by atoms with Crippen LogP contribution in [0.25, 0.3) is 88.0 Å². The number of fused-ring (bicyclic) bond motifs is 15. The summed E-state index contributed by atoms with van der Waals surface area (Å²) in [6, 6.07) is 87.2. The van der Waals surface area contributed by atoms with Crippen molar-refractivity contribution in [2.75, 3.05) is 4.90 Å². The molecule has 0 saturated carbocycles. The molecule has 0 fully saturated rings. The molecule has 0 saturated heterocycles. The summed E-state index contributed by atoms with van der Waals surface area (Å²) in [5.41, 5.74) is 19.6. The Kier molecular flexibility index (Phi) is 7.64. The molecule has 1 spiro atoms. The number of hydrogen-bond donors (Lipinski definition) is 0. The molecule has 0 aliphatic heterocycles. The lowest BCUT2D eigenvalue weighted by atomic mass is 9.70. The predicted octanol–water partition coefficient (Wildman–Crippen LogP) is 17.0. The van der Waals surface area contributed by atoms with E-state index in [1.807, 2.05) is 0 Å². The highest BCUT2D eigenvalue weighted by atomic mass is 16.3. The monoisotopic (exact) mass is 825 g/mol. The van der Waals surface area contributed by atoms with Gasteiger partial charge in [0.15, 0.2) is 0 Å².